The highest BCUT2D eigenvalue weighted by Crippen LogP contribution is 2.26. The summed E-state index contributed by atoms with van der Waals surface area (Å²) in [4.78, 5) is 31.3. The van der Waals surface area contributed by atoms with Crippen molar-refractivity contribution >= 4 is 23.5 Å². The third-order valence-corrected chi connectivity index (χ3v) is 5.18. The fourth-order valence-electron chi connectivity index (χ4n) is 3.17. The predicted octanol–water partition coefficient (Wildman–Crippen LogP) is 3.82. The number of carbonyl (C=O) groups is 2. The van der Waals surface area contributed by atoms with Gasteiger partial charge in [-0.15, -0.1) is 11.8 Å². The molecule has 1 amide bonds. The maximum Gasteiger partial charge on any atom is 0.256 e. The summed E-state index contributed by atoms with van der Waals surface area (Å²) in [7, 11) is 0. The predicted molar refractivity (Wildman–Crippen MR) is 95.3 cm³/mol. The average Bonchev–Trinajstić information content (AvgIpc) is 2.68. The van der Waals surface area contributed by atoms with Crippen LogP contribution in [-0.4, -0.2) is 40.9 Å². The van der Waals surface area contributed by atoms with Crippen LogP contribution < -0.4 is 0 Å². The average molecular weight is 376 g/mol. The number of likely N-dealkylation sites (tertiary alicyclic amines) is 1. The Bertz CT molecular complexity index is 844. The first-order chi connectivity index (χ1) is 12.5. The minimum Gasteiger partial charge on any atom is -0.338 e. The molecule has 0 bridgehead atoms. The lowest BCUT2D eigenvalue weighted by molar-refractivity contribution is 0.0632. The highest BCUT2D eigenvalue weighted by Gasteiger charge is 2.31. The largest absolute Gasteiger partial charge is 0.338 e. The molecule has 0 saturated carbocycles. The Labute approximate surface area is 154 Å². The lowest BCUT2D eigenvalue weighted by atomic mass is 9.89. The van der Waals surface area contributed by atoms with Crippen LogP contribution in [-0.2, 0) is 0 Å². The molecule has 0 radical (unpaired) electrons. The minimum atomic E-state index is -0.739. The van der Waals surface area contributed by atoms with Gasteiger partial charge in [-0.2, -0.15) is 0 Å². The smallest absolute Gasteiger partial charge is 0.256 e. The fourth-order valence-corrected chi connectivity index (χ4v) is 3.71. The van der Waals surface area contributed by atoms with Crippen molar-refractivity contribution < 1.29 is 18.4 Å². The van der Waals surface area contributed by atoms with E-state index < -0.39 is 23.3 Å². The number of halogens is 2. The molecule has 2 heterocycles. The van der Waals surface area contributed by atoms with E-state index >= 15 is 0 Å². The van der Waals surface area contributed by atoms with Crippen LogP contribution in [0, 0.1) is 17.6 Å². The molecule has 4 nitrogen and oxygen atoms in total. The van der Waals surface area contributed by atoms with Gasteiger partial charge in [0.15, 0.2) is 5.78 Å². The summed E-state index contributed by atoms with van der Waals surface area (Å²) in [6.07, 6.45) is 4.64. The van der Waals surface area contributed by atoms with Crippen LogP contribution in [0.1, 0.15) is 33.6 Å². The van der Waals surface area contributed by atoms with Crippen molar-refractivity contribution in [2.75, 3.05) is 19.3 Å². The minimum absolute atomic E-state index is 0.191. The van der Waals surface area contributed by atoms with E-state index in [2.05, 4.69) is 4.98 Å². The Morgan fingerprint density at radius 1 is 1.23 bits per heavy atom. The van der Waals surface area contributed by atoms with Crippen molar-refractivity contribution in [3.8, 4) is 0 Å². The number of aromatic nitrogens is 1. The van der Waals surface area contributed by atoms with Crippen LogP contribution >= 0.6 is 11.8 Å². The number of rotatable bonds is 4. The molecular formula is C19H18F2N2O2S. The molecule has 3 rings (SSSR count). The zero-order valence-electron chi connectivity index (χ0n) is 14.2. The maximum atomic E-state index is 13.9. The number of hydrogen-bond donors (Lipinski definition) is 0. The summed E-state index contributed by atoms with van der Waals surface area (Å²) < 4.78 is 27.3. The van der Waals surface area contributed by atoms with Gasteiger partial charge in [-0.1, -0.05) is 0 Å². The van der Waals surface area contributed by atoms with E-state index in [1.807, 2.05) is 6.26 Å². The Balaban J connectivity index is 1.80. The molecular weight excluding hydrogens is 358 g/mol. The van der Waals surface area contributed by atoms with E-state index in [0.717, 1.165) is 18.2 Å². The number of pyridine rings is 1. The lowest BCUT2D eigenvalue weighted by Gasteiger charge is -2.32. The summed E-state index contributed by atoms with van der Waals surface area (Å²) in [5.74, 6) is -2.59. The van der Waals surface area contributed by atoms with E-state index in [0.29, 0.717) is 30.0 Å². The second-order valence-electron chi connectivity index (χ2n) is 6.14. The van der Waals surface area contributed by atoms with Crippen LogP contribution in [0.25, 0.3) is 0 Å². The van der Waals surface area contributed by atoms with Gasteiger partial charge in [0, 0.05) is 25.2 Å². The summed E-state index contributed by atoms with van der Waals surface area (Å²) in [6, 6.07) is 6.26. The molecule has 136 valence electrons. The van der Waals surface area contributed by atoms with E-state index in [1.54, 1.807) is 23.2 Å². The van der Waals surface area contributed by atoms with Crippen LogP contribution in [0.5, 0.6) is 0 Å². The molecule has 7 heteroatoms. The lowest BCUT2D eigenvalue weighted by Crippen LogP contribution is -2.42. The quantitative estimate of drug-likeness (QED) is 0.601. The van der Waals surface area contributed by atoms with E-state index in [9.17, 15) is 18.4 Å². The number of piperidine rings is 1. The second kappa shape index (κ2) is 7.95. The molecule has 1 fully saturated rings. The fraction of sp³-hybridized carbons (Fsp3) is 0.316. The van der Waals surface area contributed by atoms with E-state index in [4.69, 9.17) is 0 Å². The molecule has 0 N–H and O–H groups in total. The van der Waals surface area contributed by atoms with Crippen LogP contribution in [0.15, 0.2) is 41.6 Å². The van der Waals surface area contributed by atoms with E-state index in [1.165, 1.54) is 11.8 Å². The summed E-state index contributed by atoms with van der Waals surface area (Å²) >= 11 is 1.38. The van der Waals surface area contributed by atoms with Gasteiger partial charge in [0.05, 0.1) is 11.1 Å². The first kappa shape index (κ1) is 18.5. The molecule has 1 atom stereocenters. The maximum absolute atomic E-state index is 13.9. The first-order valence-electron chi connectivity index (χ1n) is 8.29. The van der Waals surface area contributed by atoms with Gasteiger partial charge >= 0.3 is 0 Å². The standard InChI is InChI=1S/C19H18F2N2O2S/c1-26-18-14(5-2-8-22-18)19(25)23-9-3-4-12(11-23)17(24)15-10-13(20)6-7-16(15)21/h2,5-8,10,12H,3-4,9,11H2,1H3/t12-/m1/s1. The van der Waals surface area contributed by atoms with Gasteiger partial charge in [-0.25, -0.2) is 13.8 Å². The number of thioether (sulfide) groups is 1. The number of amides is 1. The summed E-state index contributed by atoms with van der Waals surface area (Å²) in [5.41, 5.74) is 0.237. The third-order valence-electron chi connectivity index (χ3n) is 4.47. The molecule has 1 aromatic carbocycles. The number of benzene rings is 1. The monoisotopic (exact) mass is 376 g/mol. The Hall–Kier alpha value is -2.28. The van der Waals surface area contributed by atoms with Gasteiger partial charge < -0.3 is 4.90 Å². The number of nitrogens with zero attached hydrogens (tertiary/aromatic N) is 2. The normalized spacial score (nSPS) is 17.2. The molecule has 2 aromatic rings. The van der Waals surface area contributed by atoms with Crippen molar-refractivity contribution in [2.45, 2.75) is 17.9 Å². The Morgan fingerprint density at radius 2 is 2.04 bits per heavy atom. The van der Waals surface area contributed by atoms with Crippen LogP contribution in [0.3, 0.4) is 0 Å². The SMILES string of the molecule is CSc1ncccc1C(=O)N1CCC[C@@H](C(=O)c2cc(F)ccc2F)C1. The molecule has 0 spiro atoms. The number of Topliss-reactive ketones (excluding diaryl/α,β-unsaturated/α-hetero) is 1. The van der Waals surface area contributed by atoms with Crippen LogP contribution in [0.2, 0.25) is 0 Å². The summed E-state index contributed by atoms with van der Waals surface area (Å²) in [6.45, 7) is 0.716. The third kappa shape index (κ3) is 3.77. The molecule has 26 heavy (non-hydrogen) atoms. The Kier molecular flexibility index (Phi) is 5.66. The van der Waals surface area contributed by atoms with Gasteiger partial charge in [0.2, 0.25) is 0 Å². The van der Waals surface area contributed by atoms with Gasteiger partial charge in [0.25, 0.3) is 5.91 Å². The van der Waals surface area contributed by atoms with Gasteiger partial charge in [-0.3, -0.25) is 9.59 Å². The number of carbonyl (C=O) groups excluding carboxylic acids is 2. The van der Waals surface area contributed by atoms with Crippen molar-refractivity contribution in [3.63, 3.8) is 0 Å². The first-order valence-corrected chi connectivity index (χ1v) is 9.51. The highest BCUT2D eigenvalue weighted by molar-refractivity contribution is 7.98. The van der Waals surface area contributed by atoms with E-state index in [-0.39, 0.29) is 18.0 Å². The topological polar surface area (TPSA) is 50.3 Å². The zero-order valence-corrected chi connectivity index (χ0v) is 15.1. The Morgan fingerprint density at radius 3 is 2.81 bits per heavy atom. The zero-order chi connectivity index (χ0) is 18.7. The van der Waals surface area contributed by atoms with Gasteiger partial charge in [-0.05, 0) is 49.4 Å². The van der Waals surface area contributed by atoms with Crippen molar-refractivity contribution in [3.05, 3.63) is 59.3 Å². The molecule has 1 aliphatic heterocycles. The molecule has 0 aliphatic carbocycles. The molecule has 1 saturated heterocycles. The van der Waals surface area contributed by atoms with Crippen molar-refractivity contribution in [1.82, 2.24) is 9.88 Å². The van der Waals surface area contributed by atoms with Crippen LogP contribution in [0.4, 0.5) is 8.78 Å². The highest BCUT2D eigenvalue weighted by atomic mass is 32.2. The molecule has 1 aromatic heterocycles. The summed E-state index contributed by atoms with van der Waals surface area (Å²) in [5, 5.41) is 0.627. The molecule has 0 unspecified atom stereocenters. The van der Waals surface area contributed by atoms with Gasteiger partial charge in [0.1, 0.15) is 16.7 Å². The molecule has 1 aliphatic rings. The number of ketones is 1. The second-order valence-corrected chi connectivity index (χ2v) is 6.93. The van der Waals surface area contributed by atoms with Crippen molar-refractivity contribution in [1.29, 1.82) is 0 Å². The van der Waals surface area contributed by atoms with Crippen molar-refractivity contribution in [2.24, 2.45) is 5.92 Å². The number of hydrogen-bond acceptors (Lipinski definition) is 4.